The number of halogens is 3. The van der Waals surface area contributed by atoms with Crippen LogP contribution in [-0.2, 0) is 4.74 Å². The molecule has 1 saturated carbocycles. The van der Waals surface area contributed by atoms with Crippen molar-refractivity contribution < 1.29 is 22.6 Å². The van der Waals surface area contributed by atoms with Gasteiger partial charge in [0.15, 0.2) is 6.61 Å². The van der Waals surface area contributed by atoms with Crippen molar-refractivity contribution in [2.24, 2.45) is 0 Å². The smallest absolute Gasteiger partial charge is 0.422 e. The van der Waals surface area contributed by atoms with E-state index < -0.39 is 12.8 Å². The topological polar surface area (TPSA) is 30.5 Å². The predicted octanol–water partition coefficient (Wildman–Crippen LogP) is 3.22. The van der Waals surface area contributed by atoms with Crippen LogP contribution in [-0.4, -0.2) is 32.0 Å². The molecule has 19 heavy (non-hydrogen) atoms. The first kappa shape index (κ1) is 14.0. The van der Waals surface area contributed by atoms with E-state index in [1.807, 2.05) is 0 Å². The Kier molecular flexibility index (Phi) is 4.19. The zero-order valence-electron chi connectivity index (χ0n) is 10.5. The summed E-state index contributed by atoms with van der Waals surface area (Å²) in [6.45, 7) is -1.27. The summed E-state index contributed by atoms with van der Waals surface area (Å²) >= 11 is 0. The van der Waals surface area contributed by atoms with Crippen LogP contribution in [0.4, 0.5) is 18.9 Å². The Hall–Kier alpha value is -1.43. The Morgan fingerprint density at radius 3 is 2.37 bits per heavy atom. The largest absolute Gasteiger partial charge is 0.484 e. The van der Waals surface area contributed by atoms with E-state index in [-0.39, 0.29) is 5.75 Å². The molecular formula is C13H16F3NO2. The molecule has 1 aliphatic carbocycles. The summed E-state index contributed by atoms with van der Waals surface area (Å²) in [5, 5.41) is 3.28. The van der Waals surface area contributed by atoms with Crippen LogP contribution in [0.3, 0.4) is 0 Å². The first-order valence-corrected chi connectivity index (χ1v) is 6.05. The molecule has 2 rings (SSSR count). The van der Waals surface area contributed by atoms with Crippen LogP contribution in [0.25, 0.3) is 0 Å². The molecule has 1 aromatic rings. The molecule has 0 aromatic heterocycles. The molecule has 6 heteroatoms. The summed E-state index contributed by atoms with van der Waals surface area (Å²) in [5.74, 6) is 0.214. The fraction of sp³-hybridized carbons (Fsp3) is 0.538. The third-order valence-electron chi connectivity index (χ3n) is 3.06. The average Bonchev–Trinajstić information content (AvgIpc) is 2.31. The second-order valence-electron chi connectivity index (χ2n) is 4.60. The standard InChI is InChI=1S/C13H16F3NO2/c1-18-12-6-10(7-12)17-9-2-4-11(5-3-9)19-8-13(14,15)16/h2-5,10,12,17H,6-8H2,1H3. The number of alkyl halides is 3. The van der Waals surface area contributed by atoms with Gasteiger partial charge in [-0.05, 0) is 37.1 Å². The van der Waals surface area contributed by atoms with Crippen molar-refractivity contribution >= 4 is 5.69 Å². The highest BCUT2D eigenvalue weighted by molar-refractivity contribution is 5.47. The van der Waals surface area contributed by atoms with Crippen molar-refractivity contribution in [2.75, 3.05) is 19.0 Å². The highest BCUT2D eigenvalue weighted by Crippen LogP contribution is 2.27. The minimum absolute atomic E-state index is 0.214. The van der Waals surface area contributed by atoms with Gasteiger partial charge in [0.1, 0.15) is 5.75 Å². The van der Waals surface area contributed by atoms with Gasteiger partial charge in [-0.25, -0.2) is 0 Å². The van der Waals surface area contributed by atoms with Gasteiger partial charge >= 0.3 is 6.18 Å². The number of anilines is 1. The van der Waals surface area contributed by atoms with E-state index in [9.17, 15) is 13.2 Å². The van der Waals surface area contributed by atoms with Gasteiger partial charge in [0, 0.05) is 18.8 Å². The molecular weight excluding hydrogens is 259 g/mol. The lowest BCUT2D eigenvalue weighted by Crippen LogP contribution is -2.40. The number of nitrogens with one attached hydrogen (secondary N) is 1. The highest BCUT2D eigenvalue weighted by atomic mass is 19.4. The average molecular weight is 275 g/mol. The van der Waals surface area contributed by atoms with Gasteiger partial charge in [0.25, 0.3) is 0 Å². The van der Waals surface area contributed by atoms with Gasteiger partial charge in [0.2, 0.25) is 0 Å². The molecule has 0 radical (unpaired) electrons. The Morgan fingerprint density at radius 1 is 1.21 bits per heavy atom. The molecule has 1 aliphatic rings. The molecule has 0 spiro atoms. The maximum Gasteiger partial charge on any atom is 0.422 e. The van der Waals surface area contributed by atoms with E-state index in [1.54, 1.807) is 19.2 Å². The second-order valence-corrected chi connectivity index (χ2v) is 4.60. The van der Waals surface area contributed by atoms with Gasteiger partial charge in [0.05, 0.1) is 6.10 Å². The van der Waals surface area contributed by atoms with Crippen molar-refractivity contribution in [1.82, 2.24) is 0 Å². The molecule has 0 unspecified atom stereocenters. The van der Waals surface area contributed by atoms with Crippen molar-refractivity contribution in [3.63, 3.8) is 0 Å². The lowest BCUT2D eigenvalue weighted by molar-refractivity contribution is -0.153. The molecule has 0 heterocycles. The van der Waals surface area contributed by atoms with E-state index in [0.29, 0.717) is 12.1 Å². The number of ether oxygens (including phenoxy) is 2. The number of hydrogen-bond acceptors (Lipinski definition) is 3. The van der Waals surface area contributed by atoms with E-state index in [0.717, 1.165) is 18.5 Å². The summed E-state index contributed by atoms with van der Waals surface area (Å²) in [4.78, 5) is 0. The fourth-order valence-electron chi connectivity index (χ4n) is 1.92. The lowest BCUT2D eigenvalue weighted by atomic mass is 9.89. The molecule has 0 aliphatic heterocycles. The molecule has 1 fully saturated rings. The highest BCUT2D eigenvalue weighted by Gasteiger charge is 2.29. The zero-order valence-corrected chi connectivity index (χ0v) is 10.5. The summed E-state index contributed by atoms with van der Waals surface area (Å²) in [5.41, 5.74) is 0.874. The molecule has 0 amide bonds. The second kappa shape index (κ2) is 5.69. The maximum absolute atomic E-state index is 12.0. The van der Waals surface area contributed by atoms with E-state index in [2.05, 4.69) is 10.1 Å². The minimum Gasteiger partial charge on any atom is -0.484 e. The van der Waals surface area contributed by atoms with Crippen molar-refractivity contribution in [3.8, 4) is 5.75 Å². The van der Waals surface area contributed by atoms with Crippen LogP contribution in [0.1, 0.15) is 12.8 Å². The SMILES string of the molecule is COC1CC(Nc2ccc(OCC(F)(F)F)cc2)C1. The Bertz CT molecular complexity index is 399. The Balaban J connectivity index is 1.78. The molecule has 1 N–H and O–H groups in total. The Morgan fingerprint density at radius 2 is 1.84 bits per heavy atom. The third-order valence-corrected chi connectivity index (χ3v) is 3.06. The van der Waals surface area contributed by atoms with Crippen LogP contribution in [0.5, 0.6) is 5.75 Å². The quantitative estimate of drug-likeness (QED) is 0.895. The van der Waals surface area contributed by atoms with E-state index in [4.69, 9.17) is 4.74 Å². The first-order chi connectivity index (χ1) is 8.96. The van der Waals surface area contributed by atoms with Gasteiger partial charge in [-0.1, -0.05) is 0 Å². The Labute approximate surface area is 109 Å². The maximum atomic E-state index is 12.0. The predicted molar refractivity (Wildman–Crippen MR) is 65.4 cm³/mol. The summed E-state index contributed by atoms with van der Waals surface area (Å²) in [6, 6.07) is 6.85. The first-order valence-electron chi connectivity index (χ1n) is 6.05. The van der Waals surface area contributed by atoms with Gasteiger partial charge < -0.3 is 14.8 Å². The fourth-order valence-corrected chi connectivity index (χ4v) is 1.92. The summed E-state index contributed by atoms with van der Waals surface area (Å²) in [6.07, 6.45) is -2.10. The summed E-state index contributed by atoms with van der Waals surface area (Å²) < 4.78 is 45.7. The zero-order chi connectivity index (χ0) is 13.9. The van der Waals surface area contributed by atoms with Crippen molar-refractivity contribution in [1.29, 1.82) is 0 Å². The summed E-state index contributed by atoms with van der Waals surface area (Å²) in [7, 11) is 1.69. The van der Waals surface area contributed by atoms with Crippen LogP contribution < -0.4 is 10.1 Å². The molecule has 0 saturated heterocycles. The number of methoxy groups -OCH3 is 1. The van der Waals surface area contributed by atoms with Crippen LogP contribution in [0.15, 0.2) is 24.3 Å². The van der Waals surface area contributed by atoms with Crippen LogP contribution in [0, 0.1) is 0 Å². The molecule has 0 atom stereocenters. The molecule has 3 nitrogen and oxygen atoms in total. The molecule has 106 valence electrons. The van der Waals surface area contributed by atoms with Crippen molar-refractivity contribution in [3.05, 3.63) is 24.3 Å². The number of benzene rings is 1. The van der Waals surface area contributed by atoms with Crippen molar-refractivity contribution in [2.45, 2.75) is 31.2 Å². The van der Waals surface area contributed by atoms with Crippen LogP contribution in [0.2, 0.25) is 0 Å². The lowest BCUT2D eigenvalue weighted by Gasteiger charge is -2.35. The third kappa shape index (κ3) is 4.31. The number of hydrogen-bond donors (Lipinski definition) is 1. The van der Waals surface area contributed by atoms with Gasteiger partial charge in [-0.2, -0.15) is 13.2 Å². The van der Waals surface area contributed by atoms with Gasteiger partial charge in [-0.3, -0.25) is 0 Å². The van der Waals surface area contributed by atoms with Gasteiger partial charge in [-0.15, -0.1) is 0 Å². The number of rotatable bonds is 5. The van der Waals surface area contributed by atoms with E-state index >= 15 is 0 Å². The van der Waals surface area contributed by atoms with Crippen LogP contribution >= 0.6 is 0 Å². The van der Waals surface area contributed by atoms with E-state index in [1.165, 1.54) is 12.1 Å². The molecule has 0 bridgehead atoms. The molecule has 1 aromatic carbocycles. The monoisotopic (exact) mass is 275 g/mol. The normalized spacial score (nSPS) is 22.7. The minimum atomic E-state index is -4.31.